The Labute approximate surface area is 169 Å². The van der Waals surface area contributed by atoms with Gasteiger partial charge >= 0.3 is 0 Å². The van der Waals surface area contributed by atoms with E-state index in [9.17, 15) is 4.79 Å². The number of hydrogen-bond acceptors (Lipinski definition) is 3. The smallest absolute Gasteiger partial charge is 0.226 e. The molecule has 3 aliphatic rings. The van der Waals surface area contributed by atoms with E-state index in [1.165, 1.54) is 24.9 Å². The topological polar surface area (TPSA) is 32.8 Å². The van der Waals surface area contributed by atoms with Gasteiger partial charge in [0.2, 0.25) is 5.91 Å². The number of nitrogens with zero attached hydrogens (tertiary/aromatic N) is 2. The second-order valence-electron chi connectivity index (χ2n) is 8.57. The van der Waals surface area contributed by atoms with E-state index in [0.29, 0.717) is 24.6 Å². The highest BCUT2D eigenvalue weighted by molar-refractivity contribution is 5.79. The fourth-order valence-electron chi connectivity index (χ4n) is 5.10. The summed E-state index contributed by atoms with van der Waals surface area (Å²) in [6.45, 7) is 4.57. The minimum atomic E-state index is 0.229. The van der Waals surface area contributed by atoms with Crippen molar-refractivity contribution in [3.63, 3.8) is 0 Å². The molecule has 2 fully saturated rings. The number of benzene rings is 1. The highest BCUT2D eigenvalue weighted by atomic mass is 16.5. The molecule has 1 amide bonds. The molecule has 4 rings (SSSR count). The molecular weight excluding hydrogens is 348 g/mol. The Morgan fingerprint density at radius 3 is 2.57 bits per heavy atom. The van der Waals surface area contributed by atoms with Crippen LogP contribution in [0.25, 0.3) is 0 Å². The van der Waals surface area contributed by atoms with E-state index in [4.69, 9.17) is 4.74 Å². The number of amides is 1. The maximum Gasteiger partial charge on any atom is 0.226 e. The Bertz CT molecular complexity index is 652. The molecule has 28 heavy (non-hydrogen) atoms. The number of rotatable bonds is 6. The summed E-state index contributed by atoms with van der Waals surface area (Å²) in [6, 6.07) is 11.6. The number of ether oxygens (including phenoxy) is 1. The van der Waals surface area contributed by atoms with Crippen molar-refractivity contribution >= 4 is 5.91 Å². The summed E-state index contributed by atoms with van der Waals surface area (Å²) in [5, 5.41) is 0. The zero-order valence-corrected chi connectivity index (χ0v) is 17.0. The Morgan fingerprint density at radius 2 is 1.82 bits per heavy atom. The second-order valence-corrected chi connectivity index (χ2v) is 8.57. The van der Waals surface area contributed by atoms with Crippen LogP contribution in [0.5, 0.6) is 0 Å². The molecule has 0 radical (unpaired) electrons. The van der Waals surface area contributed by atoms with Crippen LogP contribution in [0.2, 0.25) is 0 Å². The minimum Gasteiger partial charge on any atom is -0.375 e. The van der Waals surface area contributed by atoms with Crippen molar-refractivity contribution in [2.24, 2.45) is 5.92 Å². The predicted octanol–water partition coefficient (Wildman–Crippen LogP) is 4.01. The van der Waals surface area contributed by atoms with Crippen molar-refractivity contribution in [2.45, 2.75) is 63.6 Å². The van der Waals surface area contributed by atoms with Gasteiger partial charge in [0.1, 0.15) is 0 Å². The molecule has 1 aliphatic carbocycles. The van der Waals surface area contributed by atoms with Crippen molar-refractivity contribution in [1.29, 1.82) is 0 Å². The van der Waals surface area contributed by atoms with Crippen molar-refractivity contribution in [3.8, 4) is 0 Å². The fourth-order valence-corrected chi connectivity index (χ4v) is 5.10. The first-order valence-electron chi connectivity index (χ1n) is 11.1. The van der Waals surface area contributed by atoms with E-state index in [1.54, 1.807) is 0 Å². The third kappa shape index (κ3) is 4.84. The van der Waals surface area contributed by atoms with Crippen LogP contribution in [0.3, 0.4) is 0 Å². The van der Waals surface area contributed by atoms with Crippen LogP contribution >= 0.6 is 0 Å². The average molecular weight is 383 g/mol. The molecule has 2 atom stereocenters. The van der Waals surface area contributed by atoms with Gasteiger partial charge < -0.3 is 9.64 Å². The maximum absolute atomic E-state index is 12.8. The first-order chi connectivity index (χ1) is 13.8. The van der Waals surface area contributed by atoms with Crippen LogP contribution in [0.1, 0.15) is 50.5 Å². The third-order valence-electron chi connectivity index (χ3n) is 6.71. The Hall–Kier alpha value is -1.65. The van der Waals surface area contributed by atoms with E-state index in [2.05, 4.69) is 46.2 Å². The van der Waals surface area contributed by atoms with Crippen LogP contribution in [-0.2, 0) is 16.1 Å². The molecule has 0 unspecified atom stereocenters. The van der Waals surface area contributed by atoms with Crippen molar-refractivity contribution in [3.05, 3.63) is 48.0 Å². The number of carbonyl (C=O) groups is 1. The molecule has 0 saturated carbocycles. The molecule has 1 aromatic carbocycles. The number of likely N-dealkylation sites (tertiary alicyclic amines) is 2. The van der Waals surface area contributed by atoms with Crippen LogP contribution in [0.4, 0.5) is 0 Å². The van der Waals surface area contributed by atoms with Gasteiger partial charge in [0.05, 0.1) is 13.2 Å². The molecule has 0 aromatic heterocycles. The summed E-state index contributed by atoms with van der Waals surface area (Å²) < 4.78 is 6.05. The zero-order chi connectivity index (χ0) is 19.2. The number of allylic oxidation sites excluding steroid dienone is 2. The Morgan fingerprint density at radius 1 is 1.00 bits per heavy atom. The monoisotopic (exact) mass is 382 g/mol. The molecule has 0 spiro atoms. The molecule has 2 saturated heterocycles. The minimum absolute atomic E-state index is 0.229. The van der Waals surface area contributed by atoms with E-state index in [-0.39, 0.29) is 5.92 Å². The molecule has 4 nitrogen and oxygen atoms in total. The Balaban J connectivity index is 1.23. The number of carbonyl (C=O) groups excluding carboxylic acids is 1. The first-order valence-corrected chi connectivity index (χ1v) is 11.1. The van der Waals surface area contributed by atoms with Gasteiger partial charge in [-0.05, 0) is 57.1 Å². The summed E-state index contributed by atoms with van der Waals surface area (Å²) in [7, 11) is 0. The van der Waals surface area contributed by atoms with Crippen LogP contribution in [-0.4, -0.2) is 54.0 Å². The van der Waals surface area contributed by atoms with Gasteiger partial charge in [-0.15, -0.1) is 0 Å². The molecule has 1 aromatic rings. The number of piperidine rings is 1. The van der Waals surface area contributed by atoms with Crippen LogP contribution in [0.15, 0.2) is 42.5 Å². The highest BCUT2D eigenvalue weighted by Gasteiger charge is 2.35. The molecule has 2 aliphatic heterocycles. The normalized spacial score (nSPS) is 26.6. The Kier molecular flexibility index (Phi) is 6.81. The van der Waals surface area contributed by atoms with Crippen LogP contribution in [0, 0.1) is 5.92 Å². The standard InChI is InChI=1S/C24H34N2O2/c27-24(21-10-5-2-6-11-21)25-16-13-22(14-17-25)26-15-7-12-23(26)19-28-18-20-8-3-1-4-9-20/h1-5,8-9,21-23H,6-7,10-19H2/t21-,23-/m0/s1. The zero-order valence-electron chi connectivity index (χ0n) is 17.0. The van der Waals surface area contributed by atoms with E-state index in [1.807, 2.05) is 6.07 Å². The lowest BCUT2D eigenvalue weighted by atomic mass is 9.92. The third-order valence-corrected chi connectivity index (χ3v) is 6.71. The quantitative estimate of drug-likeness (QED) is 0.697. The predicted molar refractivity (Wildman–Crippen MR) is 112 cm³/mol. The summed E-state index contributed by atoms with van der Waals surface area (Å²) in [4.78, 5) is 17.6. The van der Waals surface area contributed by atoms with Gasteiger partial charge in [0.15, 0.2) is 0 Å². The second kappa shape index (κ2) is 9.71. The van der Waals surface area contributed by atoms with Gasteiger partial charge in [-0.2, -0.15) is 0 Å². The van der Waals surface area contributed by atoms with Crippen molar-refractivity contribution in [1.82, 2.24) is 9.80 Å². The number of hydrogen-bond donors (Lipinski definition) is 0. The van der Waals surface area contributed by atoms with Crippen LogP contribution < -0.4 is 0 Å². The largest absolute Gasteiger partial charge is 0.375 e. The van der Waals surface area contributed by atoms with Crippen molar-refractivity contribution < 1.29 is 9.53 Å². The molecule has 2 heterocycles. The van der Waals surface area contributed by atoms with Gasteiger partial charge in [0.25, 0.3) is 0 Å². The fraction of sp³-hybridized carbons (Fsp3) is 0.625. The lowest BCUT2D eigenvalue weighted by Crippen LogP contribution is -2.50. The summed E-state index contributed by atoms with van der Waals surface area (Å²) in [5.41, 5.74) is 1.25. The SMILES string of the molecule is O=C([C@H]1CC=CCC1)N1CCC(N2CCC[C@H]2COCc2ccccc2)CC1. The van der Waals surface area contributed by atoms with E-state index >= 15 is 0 Å². The van der Waals surface area contributed by atoms with Gasteiger partial charge in [-0.25, -0.2) is 0 Å². The lowest BCUT2D eigenvalue weighted by Gasteiger charge is -2.40. The van der Waals surface area contributed by atoms with Crippen molar-refractivity contribution in [2.75, 3.05) is 26.2 Å². The maximum atomic E-state index is 12.8. The van der Waals surface area contributed by atoms with Gasteiger partial charge in [0, 0.05) is 31.1 Å². The molecule has 0 bridgehead atoms. The molecular formula is C24H34N2O2. The van der Waals surface area contributed by atoms with Gasteiger partial charge in [-0.3, -0.25) is 9.69 Å². The summed E-state index contributed by atoms with van der Waals surface area (Å²) in [5.74, 6) is 0.624. The first kappa shape index (κ1) is 19.7. The van der Waals surface area contributed by atoms with E-state index < -0.39 is 0 Å². The van der Waals surface area contributed by atoms with Gasteiger partial charge in [-0.1, -0.05) is 42.5 Å². The van der Waals surface area contributed by atoms with E-state index in [0.717, 1.165) is 51.8 Å². The molecule has 0 N–H and O–H groups in total. The molecule has 152 valence electrons. The molecule has 4 heteroatoms. The highest BCUT2D eigenvalue weighted by Crippen LogP contribution is 2.28. The average Bonchev–Trinajstić information content (AvgIpc) is 3.23. The summed E-state index contributed by atoms with van der Waals surface area (Å²) >= 11 is 0. The lowest BCUT2D eigenvalue weighted by molar-refractivity contribution is -0.137. The summed E-state index contributed by atoms with van der Waals surface area (Å²) in [6.07, 6.45) is 12.2.